The van der Waals surface area contributed by atoms with E-state index >= 15 is 0 Å². The number of benzene rings is 1. The van der Waals surface area contributed by atoms with Crippen molar-refractivity contribution in [2.75, 3.05) is 7.11 Å². The maximum atomic E-state index is 12.6. The normalized spacial score (nSPS) is 13.8. The van der Waals surface area contributed by atoms with Crippen molar-refractivity contribution >= 4 is 5.97 Å². The fraction of sp³-hybridized carbons (Fsp3) is 0.483. The van der Waals surface area contributed by atoms with E-state index in [1.807, 2.05) is 39.8 Å². The molecule has 3 N–H and O–H groups in total. The highest BCUT2D eigenvalue weighted by Gasteiger charge is 2.29. The maximum Gasteiger partial charge on any atom is 0.313 e. The second-order valence-electron chi connectivity index (χ2n) is 9.41. The minimum absolute atomic E-state index is 0.0395. The van der Waals surface area contributed by atoms with E-state index in [1.54, 1.807) is 0 Å². The number of aromatic hydroxyl groups is 2. The third kappa shape index (κ3) is 10.0. The number of carbonyl (C=O) groups excluding carboxylic acids is 1. The lowest BCUT2D eigenvalue weighted by Gasteiger charge is -2.21. The summed E-state index contributed by atoms with van der Waals surface area (Å²) in [7, 11) is 1.28. The molecular formula is C29H42O5. The Morgan fingerprint density at radius 1 is 0.971 bits per heavy atom. The molecule has 0 fully saturated rings. The molecule has 188 valence electrons. The monoisotopic (exact) mass is 470 g/mol. The molecule has 5 heteroatoms. The van der Waals surface area contributed by atoms with Crippen LogP contribution in [0.5, 0.6) is 11.5 Å². The van der Waals surface area contributed by atoms with E-state index in [2.05, 4.69) is 26.0 Å². The molecule has 0 aromatic heterocycles. The lowest BCUT2D eigenvalue weighted by atomic mass is 9.88. The number of carbonyl (C=O) groups is 1. The highest BCUT2D eigenvalue weighted by atomic mass is 16.5. The molecule has 0 radical (unpaired) electrons. The van der Waals surface area contributed by atoms with Crippen LogP contribution in [0.15, 0.2) is 58.7 Å². The third-order valence-electron chi connectivity index (χ3n) is 5.78. The number of hydrogen-bond donors (Lipinski definition) is 3. The van der Waals surface area contributed by atoms with Crippen molar-refractivity contribution in [1.29, 1.82) is 0 Å². The van der Waals surface area contributed by atoms with Crippen LogP contribution in [0.4, 0.5) is 0 Å². The average Bonchev–Trinajstić information content (AvgIpc) is 2.76. The summed E-state index contributed by atoms with van der Waals surface area (Å²) >= 11 is 0. The van der Waals surface area contributed by atoms with Crippen molar-refractivity contribution in [3.8, 4) is 11.5 Å². The summed E-state index contributed by atoms with van der Waals surface area (Å²) in [5.74, 6) is -1.59. The van der Waals surface area contributed by atoms with E-state index in [9.17, 15) is 20.1 Å². The third-order valence-corrected chi connectivity index (χ3v) is 5.78. The number of ether oxygens (including phenoxy) is 1. The van der Waals surface area contributed by atoms with Crippen LogP contribution in [-0.4, -0.2) is 34.5 Å². The minimum Gasteiger partial charge on any atom is -0.508 e. The number of hydrogen-bond acceptors (Lipinski definition) is 5. The van der Waals surface area contributed by atoms with E-state index in [-0.39, 0.29) is 23.5 Å². The Hall–Kier alpha value is -2.79. The summed E-state index contributed by atoms with van der Waals surface area (Å²) in [6.07, 6.45) is 10.3. The molecule has 34 heavy (non-hydrogen) atoms. The van der Waals surface area contributed by atoms with Crippen LogP contribution < -0.4 is 0 Å². The molecule has 0 saturated heterocycles. The van der Waals surface area contributed by atoms with Gasteiger partial charge in [-0.25, -0.2) is 0 Å². The van der Waals surface area contributed by atoms with Crippen molar-refractivity contribution in [3.05, 3.63) is 69.9 Å². The van der Waals surface area contributed by atoms with E-state index in [0.717, 1.165) is 18.4 Å². The largest absolute Gasteiger partial charge is 0.508 e. The average molecular weight is 471 g/mol. The van der Waals surface area contributed by atoms with Crippen molar-refractivity contribution < 1.29 is 24.9 Å². The fourth-order valence-corrected chi connectivity index (χ4v) is 3.62. The van der Waals surface area contributed by atoms with E-state index in [1.165, 1.54) is 36.0 Å². The maximum absolute atomic E-state index is 12.6. The zero-order valence-corrected chi connectivity index (χ0v) is 21.8. The summed E-state index contributed by atoms with van der Waals surface area (Å²) in [4.78, 5) is 12.6. The van der Waals surface area contributed by atoms with Gasteiger partial charge < -0.3 is 20.1 Å². The van der Waals surface area contributed by atoms with Crippen LogP contribution in [0.2, 0.25) is 0 Å². The zero-order chi connectivity index (χ0) is 25.8. The summed E-state index contributed by atoms with van der Waals surface area (Å²) in [5, 5.41) is 32.0. The molecule has 0 spiro atoms. The van der Waals surface area contributed by atoms with Gasteiger partial charge in [0, 0.05) is 11.1 Å². The van der Waals surface area contributed by atoms with E-state index in [0.29, 0.717) is 18.4 Å². The first-order chi connectivity index (χ1) is 16.0. The Morgan fingerprint density at radius 2 is 1.62 bits per heavy atom. The number of phenols is 2. The van der Waals surface area contributed by atoms with Gasteiger partial charge in [-0.2, -0.15) is 0 Å². The molecule has 1 aromatic rings. The van der Waals surface area contributed by atoms with E-state index < -0.39 is 18.0 Å². The van der Waals surface area contributed by atoms with Gasteiger partial charge >= 0.3 is 5.97 Å². The second-order valence-corrected chi connectivity index (χ2v) is 9.41. The van der Waals surface area contributed by atoms with Crippen molar-refractivity contribution in [3.63, 3.8) is 0 Å². The minimum atomic E-state index is -0.916. The first-order valence-corrected chi connectivity index (χ1v) is 11.9. The Bertz CT molecular complexity index is 942. The molecule has 0 amide bonds. The molecular weight excluding hydrogens is 428 g/mol. The van der Waals surface area contributed by atoms with Crippen molar-refractivity contribution in [2.45, 2.75) is 85.7 Å². The number of aliphatic hydroxyl groups excluding tert-OH is 1. The number of methoxy groups -OCH3 is 1. The molecule has 0 aliphatic carbocycles. The zero-order valence-electron chi connectivity index (χ0n) is 21.8. The molecule has 2 unspecified atom stereocenters. The second kappa shape index (κ2) is 14.5. The van der Waals surface area contributed by atoms with Gasteiger partial charge in [-0.3, -0.25) is 4.79 Å². The molecule has 2 atom stereocenters. The van der Waals surface area contributed by atoms with Crippen molar-refractivity contribution in [2.24, 2.45) is 0 Å². The van der Waals surface area contributed by atoms with Gasteiger partial charge in [0.15, 0.2) is 0 Å². The SMILES string of the molecule is COC(=O)C(CC(O)C(C)=CCC=C(C)C)c1cc(O)cc(CC=C(C)CCC=C(C)C)c1O. The first-order valence-electron chi connectivity index (χ1n) is 11.9. The number of esters is 1. The van der Waals surface area contributed by atoms with Gasteiger partial charge in [-0.1, -0.05) is 41.0 Å². The molecule has 0 heterocycles. The molecule has 0 aliphatic rings. The molecule has 0 aliphatic heterocycles. The van der Waals surface area contributed by atoms with E-state index in [4.69, 9.17) is 4.74 Å². The highest BCUT2D eigenvalue weighted by Crippen LogP contribution is 2.37. The van der Waals surface area contributed by atoms with Crippen molar-refractivity contribution in [1.82, 2.24) is 0 Å². The van der Waals surface area contributed by atoms with Gasteiger partial charge in [-0.15, -0.1) is 0 Å². The Kier molecular flexibility index (Phi) is 12.4. The Balaban J connectivity index is 3.18. The quantitative estimate of drug-likeness (QED) is 0.181. The number of phenolic OH excluding ortho intramolecular Hbond substituents is 2. The topological polar surface area (TPSA) is 87.0 Å². The number of aliphatic hydroxyl groups is 1. The first kappa shape index (κ1) is 29.2. The lowest BCUT2D eigenvalue weighted by molar-refractivity contribution is -0.143. The van der Waals surface area contributed by atoms with Crippen LogP contribution in [0.3, 0.4) is 0 Å². The molecule has 0 saturated carbocycles. The molecule has 0 bridgehead atoms. The van der Waals surface area contributed by atoms with Crippen LogP contribution in [0.1, 0.15) is 84.3 Å². The Morgan fingerprint density at radius 3 is 2.21 bits per heavy atom. The lowest BCUT2D eigenvalue weighted by Crippen LogP contribution is -2.22. The van der Waals surface area contributed by atoms with Crippen LogP contribution in [0.25, 0.3) is 0 Å². The Labute approximate surface area is 205 Å². The summed E-state index contributed by atoms with van der Waals surface area (Å²) in [6, 6.07) is 2.88. The predicted molar refractivity (Wildman–Crippen MR) is 139 cm³/mol. The van der Waals surface area contributed by atoms with Crippen LogP contribution in [-0.2, 0) is 16.0 Å². The molecule has 1 rings (SSSR count). The smallest absolute Gasteiger partial charge is 0.313 e. The predicted octanol–water partition coefficient (Wildman–Crippen LogP) is 6.64. The van der Waals surface area contributed by atoms with Gasteiger partial charge in [0.1, 0.15) is 11.5 Å². The molecule has 5 nitrogen and oxygen atoms in total. The molecule has 1 aromatic carbocycles. The fourth-order valence-electron chi connectivity index (χ4n) is 3.62. The number of rotatable bonds is 12. The summed E-state index contributed by atoms with van der Waals surface area (Å²) in [5.41, 5.74) is 5.16. The van der Waals surface area contributed by atoms with Gasteiger partial charge in [0.05, 0.1) is 19.1 Å². The van der Waals surface area contributed by atoms with Gasteiger partial charge in [0.2, 0.25) is 0 Å². The highest BCUT2D eigenvalue weighted by molar-refractivity contribution is 5.79. The standard InChI is InChI=1S/C29H42O5/c1-19(2)10-8-12-21(5)14-15-23-16-24(30)17-25(28(23)32)26(29(33)34-7)18-27(31)22(6)13-9-11-20(3)4/h10-11,13-14,16-17,26-27,30-32H,8-9,12,15,18H2,1-7H3. The van der Waals surface area contributed by atoms with Gasteiger partial charge in [-0.05, 0) is 91.4 Å². The number of allylic oxidation sites excluding steroid dienone is 7. The summed E-state index contributed by atoms with van der Waals surface area (Å²) < 4.78 is 4.97. The van der Waals surface area contributed by atoms with Crippen LogP contribution in [0, 0.1) is 0 Å². The van der Waals surface area contributed by atoms with Gasteiger partial charge in [0.25, 0.3) is 0 Å². The summed E-state index contributed by atoms with van der Waals surface area (Å²) in [6.45, 7) is 12.0. The van der Waals surface area contributed by atoms with Crippen LogP contribution >= 0.6 is 0 Å².